The van der Waals surface area contributed by atoms with Gasteiger partial charge in [-0.1, -0.05) is 6.07 Å². The predicted molar refractivity (Wildman–Crippen MR) is 77.9 cm³/mol. The number of sulfonamides is 1. The molecule has 0 amide bonds. The Morgan fingerprint density at radius 2 is 2.10 bits per heavy atom. The van der Waals surface area contributed by atoms with Crippen molar-refractivity contribution in [2.24, 2.45) is 7.05 Å². The van der Waals surface area contributed by atoms with Crippen LogP contribution in [0.4, 0.5) is 10.1 Å². The molecule has 8 heteroatoms. The largest absolute Gasteiger partial charge is 0.316 e. The molecule has 0 unspecified atom stereocenters. The third-order valence-electron chi connectivity index (χ3n) is 2.94. The quantitative estimate of drug-likeness (QED) is 0.875. The molecule has 0 aliphatic carbocycles. The molecule has 0 aliphatic rings. The van der Waals surface area contributed by atoms with Gasteiger partial charge in [0.05, 0.1) is 16.3 Å². The second-order valence-corrected chi connectivity index (χ2v) is 6.34. The molecule has 0 saturated carbocycles. The molecule has 0 radical (unpaired) electrons. The van der Waals surface area contributed by atoms with E-state index in [1.807, 2.05) is 0 Å². The molecule has 21 heavy (non-hydrogen) atoms. The number of halogens is 1. The van der Waals surface area contributed by atoms with Crippen LogP contribution in [0, 0.1) is 12.7 Å². The standard InChI is InChI=1S/C13H17FN4O2S/c1-9-12(8-18(3)16-9)17-21(19,20)13-6-11(14)5-4-10(13)7-15-2/h4-6,8,15,17H,7H2,1-3H3. The van der Waals surface area contributed by atoms with Gasteiger partial charge in [-0.25, -0.2) is 12.8 Å². The highest BCUT2D eigenvalue weighted by atomic mass is 32.2. The van der Waals surface area contributed by atoms with Crippen molar-refractivity contribution in [3.8, 4) is 0 Å². The van der Waals surface area contributed by atoms with E-state index in [-0.39, 0.29) is 4.90 Å². The van der Waals surface area contributed by atoms with Gasteiger partial charge in [-0.2, -0.15) is 5.10 Å². The molecule has 6 nitrogen and oxygen atoms in total. The zero-order valence-corrected chi connectivity index (χ0v) is 12.8. The van der Waals surface area contributed by atoms with Gasteiger partial charge >= 0.3 is 0 Å². The summed E-state index contributed by atoms with van der Waals surface area (Å²) in [5.74, 6) is -0.599. The van der Waals surface area contributed by atoms with Crippen LogP contribution in [0.25, 0.3) is 0 Å². The molecular formula is C13H17FN4O2S. The number of rotatable bonds is 5. The van der Waals surface area contributed by atoms with E-state index in [0.717, 1.165) is 6.07 Å². The summed E-state index contributed by atoms with van der Waals surface area (Å²) in [6, 6.07) is 3.71. The molecule has 0 saturated heterocycles. The third-order valence-corrected chi connectivity index (χ3v) is 4.39. The van der Waals surface area contributed by atoms with Gasteiger partial charge in [0.2, 0.25) is 0 Å². The van der Waals surface area contributed by atoms with Crippen LogP contribution in [0.3, 0.4) is 0 Å². The second-order valence-electron chi connectivity index (χ2n) is 4.69. The first kappa shape index (κ1) is 15.5. The van der Waals surface area contributed by atoms with Crippen molar-refractivity contribution in [2.45, 2.75) is 18.4 Å². The zero-order chi connectivity index (χ0) is 15.6. The normalized spacial score (nSPS) is 11.6. The Morgan fingerprint density at radius 1 is 1.38 bits per heavy atom. The first-order valence-corrected chi connectivity index (χ1v) is 7.78. The third kappa shape index (κ3) is 3.40. The van der Waals surface area contributed by atoms with E-state index in [2.05, 4.69) is 15.1 Å². The van der Waals surface area contributed by atoms with Crippen LogP contribution in [-0.2, 0) is 23.6 Å². The number of aryl methyl sites for hydroxylation is 2. The Hall–Kier alpha value is -1.93. The van der Waals surface area contributed by atoms with Crippen LogP contribution in [0.2, 0.25) is 0 Å². The van der Waals surface area contributed by atoms with Crippen LogP contribution in [0.1, 0.15) is 11.3 Å². The minimum absolute atomic E-state index is 0.0832. The lowest BCUT2D eigenvalue weighted by Crippen LogP contribution is -2.18. The molecule has 0 atom stereocenters. The van der Waals surface area contributed by atoms with Crippen LogP contribution >= 0.6 is 0 Å². The highest BCUT2D eigenvalue weighted by Crippen LogP contribution is 2.22. The zero-order valence-electron chi connectivity index (χ0n) is 12.0. The molecule has 2 aromatic rings. The van der Waals surface area contributed by atoms with Gasteiger partial charge in [0.1, 0.15) is 5.82 Å². The summed E-state index contributed by atoms with van der Waals surface area (Å²) in [4.78, 5) is -0.0832. The van der Waals surface area contributed by atoms with Gasteiger partial charge < -0.3 is 5.32 Å². The molecule has 2 rings (SSSR count). The maximum absolute atomic E-state index is 13.4. The number of hydrogen-bond donors (Lipinski definition) is 2. The van der Waals surface area contributed by atoms with Crippen molar-refractivity contribution in [1.82, 2.24) is 15.1 Å². The Morgan fingerprint density at radius 3 is 2.67 bits per heavy atom. The van der Waals surface area contributed by atoms with Gasteiger partial charge in [-0.15, -0.1) is 0 Å². The fourth-order valence-electron chi connectivity index (χ4n) is 2.01. The second kappa shape index (κ2) is 5.82. The summed E-state index contributed by atoms with van der Waals surface area (Å²) >= 11 is 0. The molecule has 2 N–H and O–H groups in total. The Labute approximate surface area is 123 Å². The maximum Gasteiger partial charge on any atom is 0.262 e. The number of nitrogens with zero attached hydrogens (tertiary/aromatic N) is 2. The molecule has 0 fully saturated rings. The van der Waals surface area contributed by atoms with Gasteiger partial charge in [0.25, 0.3) is 10.0 Å². The van der Waals surface area contributed by atoms with Crippen molar-refractivity contribution in [1.29, 1.82) is 0 Å². The lowest BCUT2D eigenvalue weighted by molar-refractivity contribution is 0.592. The van der Waals surface area contributed by atoms with E-state index in [4.69, 9.17) is 0 Å². The molecule has 1 heterocycles. The van der Waals surface area contributed by atoms with Crippen LogP contribution < -0.4 is 10.0 Å². The van der Waals surface area contributed by atoms with Gasteiger partial charge in [0.15, 0.2) is 0 Å². The van der Waals surface area contributed by atoms with Gasteiger partial charge in [0, 0.05) is 19.8 Å². The van der Waals surface area contributed by atoms with Crippen molar-refractivity contribution in [2.75, 3.05) is 11.8 Å². The maximum atomic E-state index is 13.4. The van der Waals surface area contributed by atoms with Gasteiger partial charge in [-0.3, -0.25) is 9.40 Å². The summed E-state index contributed by atoms with van der Waals surface area (Å²) in [5, 5.41) is 6.93. The van der Waals surface area contributed by atoms with E-state index in [1.165, 1.54) is 16.8 Å². The van der Waals surface area contributed by atoms with Crippen LogP contribution in [-0.4, -0.2) is 25.2 Å². The highest BCUT2D eigenvalue weighted by molar-refractivity contribution is 7.92. The Bertz CT molecular complexity index is 756. The van der Waals surface area contributed by atoms with E-state index >= 15 is 0 Å². The van der Waals surface area contributed by atoms with Crippen molar-refractivity contribution in [3.05, 3.63) is 41.5 Å². The molecule has 114 valence electrons. The Balaban J connectivity index is 2.44. The van der Waals surface area contributed by atoms with E-state index in [0.29, 0.717) is 23.5 Å². The molecule has 0 bridgehead atoms. The van der Waals surface area contributed by atoms with E-state index in [9.17, 15) is 12.8 Å². The first-order chi connectivity index (χ1) is 9.83. The summed E-state index contributed by atoms with van der Waals surface area (Å²) in [6.45, 7) is 2.01. The lowest BCUT2D eigenvalue weighted by atomic mass is 10.2. The Kier molecular flexibility index (Phi) is 4.29. The summed E-state index contributed by atoms with van der Waals surface area (Å²) in [6.07, 6.45) is 1.56. The fourth-order valence-corrected chi connectivity index (χ4v) is 3.37. The predicted octanol–water partition coefficient (Wildman–Crippen LogP) is 1.39. The fraction of sp³-hybridized carbons (Fsp3) is 0.308. The lowest BCUT2D eigenvalue weighted by Gasteiger charge is -2.11. The summed E-state index contributed by atoms with van der Waals surface area (Å²) < 4.78 is 42.3. The topological polar surface area (TPSA) is 76.0 Å². The number of nitrogens with one attached hydrogen (secondary N) is 2. The van der Waals surface area contributed by atoms with Crippen LogP contribution in [0.15, 0.2) is 29.3 Å². The van der Waals surface area contributed by atoms with Crippen molar-refractivity contribution < 1.29 is 12.8 Å². The molecular weight excluding hydrogens is 295 g/mol. The molecule has 1 aromatic heterocycles. The monoisotopic (exact) mass is 312 g/mol. The number of hydrogen-bond acceptors (Lipinski definition) is 4. The SMILES string of the molecule is CNCc1ccc(F)cc1S(=O)(=O)Nc1cn(C)nc1C. The number of aromatic nitrogens is 2. The average molecular weight is 312 g/mol. The highest BCUT2D eigenvalue weighted by Gasteiger charge is 2.21. The smallest absolute Gasteiger partial charge is 0.262 e. The van der Waals surface area contributed by atoms with Crippen LogP contribution in [0.5, 0.6) is 0 Å². The van der Waals surface area contributed by atoms with E-state index in [1.54, 1.807) is 27.2 Å². The minimum atomic E-state index is -3.88. The van der Waals surface area contributed by atoms with Crippen molar-refractivity contribution >= 4 is 15.7 Å². The average Bonchev–Trinajstić information content (AvgIpc) is 2.69. The number of anilines is 1. The molecule has 0 spiro atoms. The number of benzene rings is 1. The first-order valence-electron chi connectivity index (χ1n) is 6.29. The summed E-state index contributed by atoms with van der Waals surface area (Å²) in [7, 11) is -0.494. The van der Waals surface area contributed by atoms with Crippen molar-refractivity contribution in [3.63, 3.8) is 0 Å². The summed E-state index contributed by atoms with van der Waals surface area (Å²) in [5.41, 5.74) is 1.41. The minimum Gasteiger partial charge on any atom is -0.316 e. The molecule has 0 aliphatic heterocycles. The van der Waals surface area contributed by atoms with E-state index < -0.39 is 15.8 Å². The molecule has 1 aromatic carbocycles. The van der Waals surface area contributed by atoms with Gasteiger partial charge in [-0.05, 0) is 31.7 Å².